The molecule has 304 valence electrons. The number of amides is 4. The highest BCUT2D eigenvalue weighted by molar-refractivity contribution is 5.92. The first kappa shape index (κ1) is 46.4. The van der Waals surface area contributed by atoms with Gasteiger partial charge in [0, 0.05) is 46.6 Å². The summed E-state index contributed by atoms with van der Waals surface area (Å²) in [5, 5.41) is 12.6. The van der Waals surface area contributed by atoms with E-state index in [1.165, 1.54) is 0 Å². The van der Waals surface area contributed by atoms with Crippen LogP contribution in [0.3, 0.4) is 0 Å². The van der Waals surface area contributed by atoms with Crippen LogP contribution in [0.4, 0.5) is 5.69 Å². The van der Waals surface area contributed by atoms with Gasteiger partial charge >= 0.3 is 0 Å². The average Bonchev–Trinajstić information content (AvgIpc) is 3.61. The van der Waals surface area contributed by atoms with Gasteiger partial charge in [0.2, 0.25) is 23.6 Å². The number of nitrogens with two attached hydrogens (primary N) is 1. The number of hydrogen-bond acceptors (Lipinski definition) is 9. The summed E-state index contributed by atoms with van der Waals surface area (Å²) < 4.78 is 12.0. The smallest absolute Gasteiger partial charge is 0.245 e. The topological polar surface area (TPSA) is 162 Å². The Bertz CT molecular complexity index is 1440. The van der Waals surface area contributed by atoms with Crippen LogP contribution in [0.1, 0.15) is 86.1 Å². The number of nitrogens with one attached hydrogen (secondary N) is 1. The summed E-state index contributed by atoms with van der Waals surface area (Å²) in [5.41, 5.74) is 6.71. The molecule has 1 aromatic rings. The van der Waals surface area contributed by atoms with E-state index in [1.54, 1.807) is 49.1 Å². The molecule has 1 heterocycles. The van der Waals surface area contributed by atoms with Crippen molar-refractivity contribution in [2.45, 2.75) is 129 Å². The zero-order valence-corrected chi connectivity index (χ0v) is 35.2. The SMILES string of the molecule is CC[C@H](C)[C@@H]([C@@H](CC(=O)N1CCC[C@H]1[C@H](OC)[C@@H](C)C(=O)N(C)[C@H](CC#N)Cc1cccc(N)c1)OC)N(C)C(=O)[C@@H](NC(=O)C(C)(C)N(C)C)C(C)C. The molecule has 0 saturated carbocycles. The molecular formula is C41H69N7O6. The normalized spacial score (nSPS) is 18.6. The number of nitriles is 1. The Hall–Kier alpha value is -3.73. The van der Waals surface area contributed by atoms with Crippen LogP contribution in [0, 0.1) is 29.1 Å². The standard InChI is InChI=1S/C41H69N7O6/c1-14-27(4)36(47(11)39(51)35(26(2)3)44-40(52)41(6,7)45(8)9)33(53-12)25-34(49)48-22-16-19-32(48)37(54-13)28(5)38(50)46(10)31(20-21-42)24-29-17-15-18-30(43)23-29/h15,17-18,23,26-28,31-33,35-37H,14,16,19-20,22,24-25,43H2,1-13H3,(H,44,52)/t27-,28+,31+,32-,33+,35-,36-,37+/m0/s1. The maximum absolute atomic E-state index is 14.2. The van der Waals surface area contributed by atoms with Gasteiger partial charge < -0.3 is 35.2 Å². The van der Waals surface area contributed by atoms with Crippen LogP contribution in [-0.4, -0.2) is 134 Å². The zero-order valence-electron chi connectivity index (χ0n) is 35.2. The average molecular weight is 756 g/mol. The number of benzene rings is 1. The number of nitrogen functional groups attached to an aromatic ring is 1. The van der Waals surface area contributed by atoms with Gasteiger partial charge in [-0.25, -0.2) is 0 Å². The maximum atomic E-state index is 14.2. The highest BCUT2D eigenvalue weighted by Crippen LogP contribution is 2.30. The second-order valence-electron chi connectivity index (χ2n) is 16.2. The molecule has 1 saturated heterocycles. The molecule has 1 aliphatic rings. The number of rotatable bonds is 20. The number of likely N-dealkylation sites (N-methyl/N-ethyl adjacent to an activating group) is 3. The van der Waals surface area contributed by atoms with Crippen molar-refractivity contribution in [2.75, 3.05) is 54.7 Å². The van der Waals surface area contributed by atoms with Crippen molar-refractivity contribution in [1.29, 1.82) is 5.26 Å². The summed E-state index contributed by atoms with van der Waals surface area (Å²) in [5.74, 6) is -1.61. The van der Waals surface area contributed by atoms with Crippen LogP contribution < -0.4 is 11.1 Å². The Morgan fingerprint density at radius 2 is 1.69 bits per heavy atom. The molecule has 0 aromatic heterocycles. The molecule has 4 amide bonds. The van der Waals surface area contributed by atoms with Crippen molar-refractivity contribution in [3.8, 4) is 6.07 Å². The van der Waals surface area contributed by atoms with Gasteiger partial charge in [-0.1, -0.05) is 53.2 Å². The van der Waals surface area contributed by atoms with Gasteiger partial charge in [-0.3, -0.25) is 24.1 Å². The van der Waals surface area contributed by atoms with Gasteiger partial charge in [0.25, 0.3) is 0 Å². The maximum Gasteiger partial charge on any atom is 0.245 e. The minimum Gasteiger partial charge on any atom is -0.399 e. The molecule has 1 aliphatic heterocycles. The molecule has 3 N–H and O–H groups in total. The Kier molecular flexibility index (Phi) is 17.9. The summed E-state index contributed by atoms with van der Waals surface area (Å²) in [4.78, 5) is 62.7. The molecular weight excluding hydrogens is 686 g/mol. The van der Waals surface area contributed by atoms with E-state index in [-0.39, 0.29) is 60.4 Å². The van der Waals surface area contributed by atoms with Crippen LogP contribution in [0.25, 0.3) is 0 Å². The Morgan fingerprint density at radius 3 is 2.20 bits per heavy atom. The predicted molar refractivity (Wildman–Crippen MR) is 212 cm³/mol. The molecule has 2 rings (SSSR count). The van der Waals surface area contributed by atoms with Gasteiger partial charge in [0.05, 0.1) is 54.7 Å². The van der Waals surface area contributed by atoms with E-state index in [1.807, 2.05) is 85.7 Å². The number of methoxy groups -OCH3 is 2. The second-order valence-corrected chi connectivity index (χ2v) is 16.2. The molecule has 1 aromatic carbocycles. The van der Waals surface area contributed by atoms with Crippen LogP contribution >= 0.6 is 0 Å². The van der Waals surface area contributed by atoms with Crippen LogP contribution in [0.15, 0.2) is 24.3 Å². The molecule has 0 bridgehead atoms. The van der Waals surface area contributed by atoms with Gasteiger partial charge in [-0.2, -0.15) is 5.26 Å². The van der Waals surface area contributed by atoms with Gasteiger partial charge in [0.15, 0.2) is 0 Å². The Balaban J connectivity index is 2.31. The van der Waals surface area contributed by atoms with Crippen molar-refractivity contribution in [3.63, 3.8) is 0 Å². The summed E-state index contributed by atoms with van der Waals surface area (Å²) in [6, 6.07) is 7.72. The van der Waals surface area contributed by atoms with E-state index in [0.717, 1.165) is 18.4 Å². The van der Waals surface area contributed by atoms with Crippen LogP contribution in [0.5, 0.6) is 0 Å². The highest BCUT2D eigenvalue weighted by Gasteiger charge is 2.44. The van der Waals surface area contributed by atoms with E-state index in [9.17, 15) is 24.4 Å². The van der Waals surface area contributed by atoms with Gasteiger partial charge in [-0.15, -0.1) is 0 Å². The molecule has 1 fully saturated rings. The fourth-order valence-electron chi connectivity index (χ4n) is 7.50. The van der Waals surface area contributed by atoms with Crippen molar-refractivity contribution < 1.29 is 28.7 Å². The lowest BCUT2D eigenvalue weighted by Gasteiger charge is -2.41. The molecule has 8 atom stereocenters. The monoisotopic (exact) mass is 756 g/mol. The fourth-order valence-corrected chi connectivity index (χ4v) is 7.50. The molecule has 54 heavy (non-hydrogen) atoms. The number of nitrogens with zero attached hydrogens (tertiary/aromatic N) is 5. The number of carbonyl (C=O) groups is 4. The fraction of sp³-hybridized carbons (Fsp3) is 0.732. The first-order valence-corrected chi connectivity index (χ1v) is 19.4. The second kappa shape index (κ2) is 20.8. The number of likely N-dealkylation sites (tertiary alicyclic amines) is 1. The minimum atomic E-state index is -0.830. The van der Waals surface area contributed by atoms with Crippen molar-refractivity contribution in [1.82, 2.24) is 24.9 Å². The van der Waals surface area contributed by atoms with Crippen molar-refractivity contribution in [2.24, 2.45) is 17.8 Å². The first-order chi connectivity index (χ1) is 25.3. The molecule has 13 heteroatoms. The quantitative estimate of drug-likeness (QED) is 0.188. The third-order valence-corrected chi connectivity index (χ3v) is 11.8. The summed E-state index contributed by atoms with van der Waals surface area (Å²) in [6.45, 7) is 13.8. The summed E-state index contributed by atoms with van der Waals surface area (Å²) in [7, 11) is 10.2. The van der Waals surface area contributed by atoms with Crippen molar-refractivity contribution >= 4 is 29.3 Å². The van der Waals surface area contributed by atoms with E-state index in [4.69, 9.17) is 15.2 Å². The predicted octanol–water partition coefficient (Wildman–Crippen LogP) is 3.95. The van der Waals surface area contributed by atoms with E-state index < -0.39 is 35.7 Å². The number of anilines is 1. The molecule has 13 nitrogen and oxygen atoms in total. The first-order valence-electron chi connectivity index (χ1n) is 19.4. The summed E-state index contributed by atoms with van der Waals surface area (Å²) in [6.07, 6.45) is 1.59. The van der Waals surface area contributed by atoms with E-state index >= 15 is 0 Å². The minimum absolute atomic E-state index is 0.0229. The number of hydrogen-bond donors (Lipinski definition) is 2. The molecule has 0 aliphatic carbocycles. The van der Waals surface area contributed by atoms with Crippen LogP contribution in [-0.2, 0) is 35.1 Å². The van der Waals surface area contributed by atoms with Crippen LogP contribution in [0.2, 0.25) is 0 Å². The van der Waals surface area contributed by atoms with Gasteiger partial charge in [0.1, 0.15) is 6.04 Å². The van der Waals surface area contributed by atoms with E-state index in [0.29, 0.717) is 25.1 Å². The molecule has 0 spiro atoms. The van der Waals surface area contributed by atoms with Gasteiger partial charge in [-0.05, 0) is 76.7 Å². The summed E-state index contributed by atoms with van der Waals surface area (Å²) >= 11 is 0. The lowest BCUT2D eigenvalue weighted by molar-refractivity contribution is -0.149. The zero-order chi connectivity index (χ0) is 41.1. The Morgan fingerprint density at radius 1 is 1.04 bits per heavy atom. The third-order valence-electron chi connectivity index (χ3n) is 11.8. The lowest BCUT2D eigenvalue weighted by Crippen LogP contribution is -2.61. The Labute approximate surface area is 324 Å². The number of ether oxygens (including phenoxy) is 2. The highest BCUT2D eigenvalue weighted by atomic mass is 16.5. The largest absolute Gasteiger partial charge is 0.399 e. The number of carbonyl (C=O) groups excluding carboxylic acids is 4. The van der Waals surface area contributed by atoms with E-state index in [2.05, 4.69) is 11.4 Å². The third kappa shape index (κ3) is 11.4. The molecule has 0 radical (unpaired) electrons. The van der Waals surface area contributed by atoms with Crippen molar-refractivity contribution in [3.05, 3.63) is 29.8 Å². The molecule has 0 unspecified atom stereocenters. The lowest BCUT2D eigenvalue weighted by atomic mass is 9.89.